The molecule has 0 fully saturated rings. The molecule has 0 atom stereocenters. The number of anilines is 2. The summed E-state index contributed by atoms with van der Waals surface area (Å²) in [7, 11) is 0. The Kier molecular flexibility index (Phi) is 4.94. The molecule has 4 heteroatoms. The average molecular weight is 296 g/mol. The van der Waals surface area contributed by atoms with E-state index < -0.39 is 0 Å². The molecule has 0 radical (unpaired) electrons. The van der Waals surface area contributed by atoms with Gasteiger partial charge in [-0.2, -0.15) is 0 Å². The highest BCUT2D eigenvalue weighted by molar-refractivity contribution is 5.93. The standard InChI is InChI=1S/C18H20N2O2/c1-12-4-5-13(2)17(10-12)20-18(22)11-15-6-8-16(9-7-15)19-14(3)21/h4-10H,11H2,1-3H3,(H,19,21)(H,20,22). The Morgan fingerprint density at radius 1 is 0.955 bits per heavy atom. The van der Waals surface area contributed by atoms with Gasteiger partial charge in [-0.25, -0.2) is 0 Å². The lowest BCUT2D eigenvalue weighted by molar-refractivity contribution is -0.116. The molecule has 2 aromatic carbocycles. The molecular formula is C18H20N2O2. The predicted molar refractivity (Wildman–Crippen MR) is 89.0 cm³/mol. The van der Waals surface area contributed by atoms with Crippen LogP contribution < -0.4 is 10.6 Å². The smallest absolute Gasteiger partial charge is 0.228 e. The molecule has 0 spiro atoms. The Bertz CT molecular complexity index is 691. The zero-order valence-electron chi connectivity index (χ0n) is 13.1. The van der Waals surface area contributed by atoms with Crippen LogP contribution >= 0.6 is 0 Å². The van der Waals surface area contributed by atoms with Crippen LogP contribution in [0.3, 0.4) is 0 Å². The number of hydrogen-bond donors (Lipinski definition) is 2. The molecule has 2 aromatic rings. The van der Waals surface area contributed by atoms with Crippen LogP contribution in [0.5, 0.6) is 0 Å². The van der Waals surface area contributed by atoms with E-state index in [2.05, 4.69) is 10.6 Å². The summed E-state index contributed by atoms with van der Waals surface area (Å²) in [4.78, 5) is 23.1. The van der Waals surface area contributed by atoms with Gasteiger partial charge in [0.2, 0.25) is 11.8 Å². The van der Waals surface area contributed by atoms with Crippen LogP contribution in [0.2, 0.25) is 0 Å². The van der Waals surface area contributed by atoms with Gasteiger partial charge in [0.25, 0.3) is 0 Å². The molecule has 0 bridgehead atoms. The van der Waals surface area contributed by atoms with Crippen LogP contribution in [0.25, 0.3) is 0 Å². The number of amides is 2. The molecule has 2 amide bonds. The molecule has 2 rings (SSSR count). The molecule has 0 unspecified atom stereocenters. The SMILES string of the molecule is CC(=O)Nc1ccc(CC(=O)Nc2cc(C)ccc2C)cc1. The third-order valence-corrected chi connectivity index (χ3v) is 3.31. The van der Waals surface area contributed by atoms with Gasteiger partial charge >= 0.3 is 0 Å². The van der Waals surface area contributed by atoms with Gasteiger partial charge in [0.15, 0.2) is 0 Å². The minimum absolute atomic E-state index is 0.0547. The molecule has 114 valence electrons. The van der Waals surface area contributed by atoms with Gasteiger partial charge in [-0.3, -0.25) is 9.59 Å². The second kappa shape index (κ2) is 6.89. The van der Waals surface area contributed by atoms with Crippen LogP contribution in [0, 0.1) is 13.8 Å². The number of benzene rings is 2. The first-order valence-electron chi connectivity index (χ1n) is 7.17. The first-order chi connectivity index (χ1) is 10.4. The molecule has 0 heterocycles. The van der Waals surface area contributed by atoms with E-state index in [1.54, 1.807) is 12.1 Å². The van der Waals surface area contributed by atoms with E-state index in [0.717, 1.165) is 28.1 Å². The number of carbonyl (C=O) groups is 2. The quantitative estimate of drug-likeness (QED) is 0.908. The summed E-state index contributed by atoms with van der Waals surface area (Å²) in [6, 6.07) is 13.2. The van der Waals surface area contributed by atoms with Crippen LogP contribution in [-0.2, 0) is 16.0 Å². The van der Waals surface area contributed by atoms with Crippen LogP contribution in [-0.4, -0.2) is 11.8 Å². The van der Waals surface area contributed by atoms with E-state index in [9.17, 15) is 9.59 Å². The Hall–Kier alpha value is -2.62. The van der Waals surface area contributed by atoms with Crippen LogP contribution in [0.1, 0.15) is 23.6 Å². The fourth-order valence-corrected chi connectivity index (χ4v) is 2.16. The lowest BCUT2D eigenvalue weighted by Gasteiger charge is -2.10. The van der Waals surface area contributed by atoms with E-state index in [0.29, 0.717) is 6.42 Å². The summed E-state index contributed by atoms with van der Waals surface area (Å²) in [5.74, 6) is -0.165. The third-order valence-electron chi connectivity index (χ3n) is 3.31. The van der Waals surface area contributed by atoms with Crippen molar-refractivity contribution in [1.82, 2.24) is 0 Å². The second-order valence-corrected chi connectivity index (χ2v) is 5.42. The summed E-state index contributed by atoms with van der Waals surface area (Å²) >= 11 is 0. The fraction of sp³-hybridized carbons (Fsp3) is 0.222. The molecule has 0 aliphatic rings. The lowest BCUT2D eigenvalue weighted by atomic mass is 10.1. The summed E-state index contributed by atoms with van der Waals surface area (Å²) in [5.41, 5.74) is 4.63. The lowest BCUT2D eigenvalue weighted by Crippen LogP contribution is -2.15. The van der Waals surface area contributed by atoms with E-state index in [1.807, 2.05) is 44.2 Å². The fourth-order valence-electron chi connectivity index (χ4n) is 2.16. The summed E-state index contributed by atoms with van der Waals surface area (Å²) in [6.45, 7) is 5.43. The van der Waals surface area contributed by atoms with Gasteiger partial charge in [-0.1, -0.05) is 24.3 Å². The Labute approximate surface area is 130 Å². The zero-order chi connectivity index (χ0) is 16.1. The topological polar surface area (TPSA) is 58.2 Å². The maximum absolute atomic E-state index is 12.1. The van der Waals surface area contributed by atoms with Gasteiger partial charge in [-0.05, 0) is 48.7 Å². The molecule has 0 saturated carbocycles. The Balaban J connectivity index is 1.99. The average Bonchev–Trinajstić information content (AvgIpc) is 2.44. The molecule has 0 saturated heterocycles. The highest BCUT2D eigenvalue weighted by atomic mass is 16.2. The highest BCUT2D eigenvalue weighted by Crippen LogP contribution is 2.17. The van der Waals surface area contributed by atoms with Crippen molar-refractivity contribution in [3.05, 3.63) is 59.2 Å². The Morgan fingerprint density at radius 3 is 2.27 bits per heavy atom. The monoisotopic (exact) mass is 296 g/mol. The molecule has 0 aliphatic carbocycles. The van der Waals surface area contributed by atoms with Gasteiger partial charge in [0, 0.05) is 18.3 Å². The largest absolute Gasteiger partial charge is 0.326 e. The Morgan fingerprint density at radius 2 is 1.64 bits per heavy atom. The molecule has 2 N–H and O–H groups in total. The van der Waals surface area contributed by atoms with E-state index in [-0.39, 0.29) is 11.8 Å². The third kappa shape index (κ3) is 4.45. The molecule has 22 heavy (non-hydrogen) atoms. The van der Waals surface area contributed by atoms with Crippen LogP contribution in [0.15, 0.2) is 42.5 Å². The minimum atomic E-state index is -0.111. The summed E-state index contributed by atoms with van der Waals surface area (Å²) in [6.07, 6.45) is 0.299. The van der Waals surface area contributed by atoms with Gasteiger partial charge in [-0.15, -0.1) is 0 Å². The second-order valence-electron chi connectivity index (χ2n) is 5.42. The molecule has 0 aromatic heterocycles. The maximum atomic E-state index is 12.1. The van der Waals surface area contributed by atoms with E-state index in [1.165, 1.54) is 6.92 Å². The normalized spacial score (nSPS) is 10.1. The van der Waals surface area contributed by atoms with E-state index in [4.69, 9.17) is 0 Å². The van der Waals surface area contributed by atoms with Gasteiger partial charge in [0.1, 0.15) is 0 Å². The van der Waals surface area contributed by atoms with Gasteiger partial charge in [0.05, 0.1) is 6.42 Å². The summed E-state index contributed by atoms with van der Waals surface area (Å²) < 4.78 is 0. The first kappa shape index (κ1) is 15.8. The van der Waals surface area contributed by atoms with Crippen molar-refractivity contribution in [3.8, 4) is 0 Å². The van der Waals surface area contributed by atoms with Crippen molar-refractivity contribution in [2.45, 2.75) is 27.2 Å². The first-order valence-corrected chi connectivity index (χ1v) is 7.17. The van der Waals surface area contributed by atoms with Crippen LogP contribution in [0.4, 0.5) is 11.4 Å². The van der Waals surface area contributed by atoms with Gasteiger partial charge < -0.3 is 10.6 Å². The number of hydrogen-bond acceptors (Lipinski definition) is 2. The number of aryl methyl sites for hydroxylation is 2. The summed E-state index contributed by atoms with van der Waals surface area (Å²) in [5, 5.41) is 5.64. The zero-order valence-corrected chi connectivity index (χ0v) is 13.1. The van der Waals surface area contributed by atoms with Crippen molar-refractivity contribution >= 4 is 23.2 Å². The number of rotatable bonds is 4. The number of nitrogens with one attached hydrogen (secondary N) is 2. The van der Waals surface area contributed by atoms with Crippen molar-refractivity contribution < 1.29 is 9.59 Å². The van der Waals surface area contributed by atoms with Crippen molar-refractivity contribution in [2.24, 2.45) is 0 Å². The van der Waals surface area contributed by atoms with Crippen molar-refractivity contribution in [2.75, 3.05) is 10.6 Å². The van der Waals surface area contributed by atoms with E-state index >= 15 is 0 Å². The van der Waals surface area contributed by atoms with Crippen molar-refractivity contribution in [1.29, 1.82) is 0 Å². The molecule has 4 nitrogen and oxygen atoms in total. The highest BCUT2D eigenvalue weighted by Gasteiger charge is 2.06. The van der Waals surface area contributed by atoms with Crippen molar-refractivity contribution in [3.63, 3.8) is 0 Å². The molecule has 0 aliphatic heterocycles. The predicted octanol–water partition coefficient (Wildman–Crippen LogP) is 3.44. The maximum Gasteiger partial charge on any atom is 0.228 e. The minimum Gasteiger partial charge on any atom is -0.326 e. The molecular weight excluding hydrogens is 276 g/mol. The number of carbonyl (C=O) groups excluding carboxylic acids is 2.